The van der Waals surface area contributed by atoms with Gasteiger partial charge in [0.25, 0.3) is 0 Å². The molecular weight excluding hydrogens is 321 g/mol. The maximum atomic E-state index is 13.8. The molecular formula is C12H17ClFN3O3S. The quantitative estimate of drug-likeness (QED) is 0.863. The van der Waals surface area contributed by atoms with Crippen LogP contribution in [0.3, 0.4) is 0 Å². The SMILES string of the molecule is C[C@H](N)C(=O)Nc1ccc(F)c(N2CCCS2(=O)=O)c1.Cl. The molecule has 2 rings (SSSR count). The minimum Gasteiger partial charge on any atom is -0.325 e. The Morgan fingerprint density at radius 3 is 2.67 bits per heavy atom. The molecule has 1 fully saturated rings. The number of benzene rings is 1. The molecule has 0 radical (unpaired) electrons. The number of carbonyl (C=O) groups is 1. The molecule has 0 spiro atoms. The van der Waals surface area contributed by atoms with Gasteiger partial charge in [-0.1, -0.05) is 0 Å². The Morgan fingerprint density at radius 1 is 1.48 bits per heavy atom. The summed E-state index contributed by atoms with van der Waals surface area (Å²) in [7, 11) is -3.47. The summed E-state index contributed by atoms with van der Waals surface area (Å²) in [6.45, 7) is 1.76. The molecule has 1 atom stereocenters. The van der Waals surface area contributed by atoms with Crippen molar-refractivity contribution in [1.82, 2.24) is 0 Å². The van der Waals surface area contributed by atoms with Crippen LogP contribution in [0.25, 0.3) is 0 Å². The standard InChI is InChI=1S/C12H16FN3O3S.ClH/c1-8(14)12(17)15-9-3-4-10(13)11(7-9)16-5-2-6-20(16,18)19;/h3-4,7-8H,2,5-6,14H2,1H3,(H,15,17);1H/t8-;/m0./s1. The van der Waals surface area contributed by atoms with Crippen LogP contribution in [0, 0.1) is 5.82 Å². The number of nitrogens with one attached hydrogen (secondary N) is 1. The highest BCUT2D eigenvalue weighted by Gasteiger charge is 2.30. The van der Waals surface area contributed by atoms with Crippen molar-refractivity contribution in [2.75, 3.05) is 21.9 Å². The summed E-state index contributed by atoms with van der Waals surface area (Å²) in [6.07, 6.45) is 0.457. The summed E-state index contributed by atoms with van der Waals surface area (Å²) in [5.41, 5.74) is 5.68. The third-order valence-corrected chi connectivity index (χ3v) is 4.85. The molecule has 6 nitrogen and oxygen atoms in total. The van der Waals surface area contributed by atoms with E-state index in [1.54, 1.807) is 0 Å². The first-order valence-electron chi connectivity index (χ1n) is 6.17. The van der Waals surface area contributed by atoms with Crippen LogP contribution in [-0.2, 0) is 14.8 Å². The number of hydrogen-bond donors (Lipinski definition) is 2. The number of halogens is 2. The molecule has 3 N–H and O–H groups in total. The number of amides is 1. The van der Waals surface area contributed by atoms with Gasteiger partial charge >= 0.3 is 0 Å². The molecule has 1 aliphatic rings. The van der Waals surface area contributed by atoms with E-state index in [4.69, 9.17) is 5.73 Å². The van der Waals surface area contributed by atoms with Crippen LogP contribution in [0.4, 0.5) is 15.8 Å². The predicted molar refractivity (Wildman–Crippen MR) is 81.7 cm³/mol. The van der Waals surface area contributed by atoms with Crippen LogP contribution in [-0.4, -0.2) is 32.7 Å². The van der Waals surface area contributed by atoms with E-state index >= 15 is 0 Å². The van der Waals surface area contributed by atoms with Gasteiger partial charge in [0.1, 0.15) is 5.82 Å². The number of sulfonamides is 1. The molecule has 1 heterocycles. The first-order chi connectivity index (χ1) is 9.31. The lowest BCUT2D eigenvalue weighted by Gasteiger charge is -2.19. The first kappa shape index (κ1) is 17.7. The Kier molecular flexibility index (Phi) is 5.54. The van der Waals surface area contributed by atoms with E-state index in [0.29, 0.717) is 12.1 Å². The van der Waals surface area contributed by atoms with E-state index < -0.39 is 27.8 Å². The van der Waals surface area contributed by atoms with Crippen molar-refractivity contribution >= 4 is 39.7 Å². The van der Waals surface area contributed by atoms with Crippen LogP contribution < -0.4 is 15.4 Å². The minimum absolute atomic E-state index is 0. The molecule has 0 saturated carbocycles. The number of anilines is 2. The smallest absolute Gasteiger partial charge is 0.240 e. The molecule has 0 aliphatic carbocycles. The maximum Gasteiger partial charge on any atom is 0.240 e. The van der Waals surface area contributed by atoms with Crippen molar-refractivity contribution in [3.05, 3.63) is 24.0 Å². The van der Waals surface area contributed by atoms with Gasteiger partial charge in [0, 0.05) is 12.2 Å². The summed E-state index contributed by atoms with van der Waals surface area (Å²) in [4.78, 5) is 11.5. The average molecular weight is 338 g/mol. The molecule has 1 saturated heterocycles. The molecule has 0 unspecified atom stereocenters. The third-order valence-electron chi connectivity index (χ3n) is 3.00. The molecule has 1 amide bonds. The fourth-order valence-electron chi connectivity index (χ4n) is 1.95. The molecule has 21 heavy (non-hydrogen) atoms. The zero-order valence-corrected chi connectivity index (χ0v) is 13.0. The van der Waals surface area contributed by atoms with E-state index in [1.165, 1.54) is 19.1 Å². The molecule has 118 valence electrons. The van der Waals surface area contributed by atoms with Crippen molar-refractivity contribution in [2.24, 2.45) is 5.73 Å². The Hall–Kier alpha value is -1.38. The van der Waals surface area contributed by atoms with Gasteiger partial charge in [-0.2, -0.15) is 0 Å². The van der Waals surface area contributed by atoms with Gasteiger partial charge in [-0.3, -0.25) is 9.10 Å². The zero-order chi connectivity index (χ0) is 14.9. The number of carbonyl (C=O) groups excluding carboxylic acids is 1. The van der Waals surface area contributed by atoms with Crippen LogP contribution in [0.2, 0.25) is 0 Å². The third kappa shape index (κ3) is 3.84. The molecule has 1 aromatic carbocycles. The summed E-state index contributed by atoms with van der Waals surface area (Å²) in [5.74, 6) is -1.07. The molecule has 0 aromatic heterocycles. The largest absolute Gasteiger partial charge is 0.325 e. The average Bonchev–Trinajstić information content (AvgIpc) is 2.71. The van der Waals surface area contributed by atoms with Gasteiger partial charge < -0.3 is 11.1 Å². The van der Waals surface area contributed by atoms with Gasteiger partial charge in [0.2, 0.25) is 15.9 Å². The van der Waals surface area contributed by atoms with Crippen molar-refractivity contribution < 1.29 is 17.6 Å². The lowest BCUT2D eigenvalue weighted by atomic mass is 10.2. The second-order valence-corrected chi connectivity index (χ2v) is 6.70. The number of nitrogens with two attached hydrogens (primary N) is 1. The van der Waals surface area contributed by atoms with Crippen LogP contribution in [0.1, 0.15) is 13.3 Å². The van der Waals surface area contributed by atoms with Gasteiger partial charge in [0.15, 0.2) is 0 Å². The zero-order valence-electron chi connectivity index (χ0n) is 11.4. The van der Waals surface area contributed by atoms with E-state index in [9.17, 15) is 17.6 Å². The Balaban J connectivity index is 0.00000220. The highest BCUT2D eigenvalue weighted by atomic mass is 35.5. The monoisotopic (exact) mass is 337 g/mol. The lowest BCUT2D eigenvalue weighted by Crippen LogP contribution is -2.32. The maximum absolute atomic E-state index is 13.8. The predicted octanol–water partition coefficient (Wildman–Crippen LogP) is 1.07. The van der Waals surface area contributed by atoms with Gasteiger partial charge in [-0.05, 0) is 31.5 Å². The topological polar surface area (TPSA) is 92.5 Å². The normalized spacial score (nSPS) is 18.0. The minimum atomic E-state index is -3.47. The van der Waals surface area contributed by atoms with Crippen LogP contribution in [0.15, 0.2) is 18.2 Å². The Labute approximate surface area is 129 Å². The number of nitrogens with zero attached hydrogens (tertiary/aromatic N) is 1. The second kappa shape index (κ2) is 6.59. The second-order valence-electron chi connectivity index (χ2n) is 4.69. The van der Waals surface area contributed by atoms with Crippen molar-refractivity contribution in [3.63, 3.8) is 0 Å². The van der Waals surface area contributed by atoms with Crippen LogP contribution in [0.5, 0.6) is 0 Å². The Bertz CT molecular complexity index is 637. The summed E-state index contributed by atoms with van der Waals surface area (Å²) in [6, 6.07) is 3.08. The van der Waals surface area contributed by atoms with Crippen molar-refractivity contribution in [1.29, 1.82) is 0 Å². The molecule has 1 aliphatic heterocycles. The van der Waals surface area contributed by atoms with Crippen molar-refractivity contribution in [2.45, 2.75) is 19.4 Å². The number of rotatable bonds is 3. The lowest BCUT2D eigenvalue weighted by molar-refractivity contribution is -0.117. The Morgan fingerprint density at radius 2 is 2.14 bits per heavy atom. The fourth-order valence-corrected chi connectivity index (χ4v) is 3.51. The van der Waals surface area contributed by atoms with E-state index in [1.807, 2.05) is 0 Å². The van der Waals surface area contributed by atoms with E-state index in [-0.39, 0.29) is 30.4 Å². The number of hydrogen-bond acceptors (Lipinski definition) is 4. The van der Waals surface area contributed by atoms with E-state index in [0.717, 1.165) is 10.4 Å². The van der Waals surface area contributed by atoms with Crippen LogP contribution >= 0.6 is 12.4 Å². The molecule has 1 aromatic rings. The fraction of sp³-hybridized carbons (Fsp3) is 0.417. The molecule has 0 bridgehead atoms. The molecule has 9 heteroatoms. The summed E-state index contributed by atoms with van der Waals surface area (Å²) >= 11 is 0. The van der Waals surface area contributed by atoms with Gasteiger partial charge in [0.05, 0.1) is 17.5 Å². The van der Waals surface area contributed by atoms with Gasteiger partial charge in [-0.25, -0.2) is 12.8 Å². The highest BCUT2D eigenvalue weighted by molar-refractivity contribution is 7.93. The summed E-state index contributed by atoms with van der Waals surface area (Å²) in [5, 5.41) is 2.51. The van der Waals surface area contributed by atoms with E-state index in [2.05, 4.69) is 5.32 Å². The van der Waals surface area contributed by atoms with Gasteiger partial charge in [-0.15, -0.1) is 12.4 Å². The van der Waals surface area contributed by atoms with Crippen molar-refractivity contribution in [3.8, 4) is 0 Å². The summed E-state index contributed by atoms with van der Waals surface area (Å²) < 4.78 is 38.5. The highest BCUT2D eigenvalue weighted by Crippen LogP contribution is 2.29. The first-order valence-corrected chi connectivity index (χ1v) is 7.78.